The van der Waals surface area contributed by atoms with Crippen LogP contribution in [0.2, 0.25) is 0 Å². The van der Waals surface area contributed by atoms with Crippen LogP contribution in [0.1, 0.15) is 25.8 Å². The van der Waals surface area contributed by atoms with Gasteiger partial charge in [-0.1, -0.05) is 56.3 Å². The number of hydrogen-bond donors (Lipinski definition) is 0. The van der Waals surface area contributed by atoms with E-state index >= 15 is 0 Å². The molecule has 0 bridgehead atoms. The van der Waals surface area contributed by atoms with Crippen molar-refractivity contribution in [2.45, 2.75) is 26.4 Å². The molecule has 1 aliphatic rings. The molecule has 1 saturated heterocycles. The van der Waals surface area contributed by atoms with Crippen LogP contribution in [0, 0.1) is 11.8 Å². The summed E-state index contributed by atoms with van der Waals surface area (Å²) in [6, 6.07) is 10.5. The molecule has 18 heavy (non-hydrogen) atoms. The van der Waals surface area contributed by atoms with Crippen LogP contribution < -0.4 is 0 Å². The van der Waals surface area contributed by atoms with Crippen LogP contribution in [0.4, 0.5) is 0 Å². The quantitative estimate of drug-likeness (QED) is 0.715. The molecule has 1 aromatic carbocycles. The molecule has 0 aromatic heterocycles. The summed E-state index contributed by atoms with van der Waals surface area (Å²) < 4.78 is 5.91. The maximum Gasteiger partial charge on any atom is 0.0797 e. The zero-order chi connectivity index (χ0) is 13.0. The molecule has 0 saturated carbocycles. The highest BCUT2D eigenvalue weighted by Gasteiger charge is 2.29. The second kappa shape index (κ2) is 6.01. The maximum atomic E-state index is 5.91. The maximum absolute atomic E-state index is 5.91. The average molecular weight is 242 g/mol. The van der Waals surface area contributed by atoms with Gasteiger partial charge in [0.1, 0.15) is 0 Å². The minimum Gasteiger partial charge on any atom is -0.373 e. The summed E-state index contributed by atoms with van der Waals surface area (Å²) >= 11 is 0. The molecule has 2 atom stereocenters. The fourth-order valence-electron chi connectivity index (χ4n) is 2.43. The van der Waals surface area contributed by atoms with Crippen LogP contribution in [0.25, 0.3) is 6.08 Å². The summed E-state index contributed by atoms with van der Waals surface area (Å²) in [5, 5.41) is 0. The smallest absolute Gasteiger partial charge is 0.0797 e. The van der Waals surface area contributed by atoms with Gasteiger partial charge in [0.15, 0.2) is 0 Å². The third-order valence-corrected chi connectivity index (χ3v) is 3.38. The Balaban J connectivity index is 2.24. The third kappa shape index (κ3) is 3.11. The molecule has 0 aliphatic carbocycles. The normalized spacial score (nSPS) is 25.8. The molecule has 1 aromatic rings. The van der Waals surface area contributed by atoms with Gasteiger partial charge >= 0.3 is 0 Å². The Morgan fingerprint density at radius 3 is 2.67 bits per heavy atom. The van der Waals surface area contributed by atoms with Gasteiger partial charge in [-0.2, -0.15) is 0 Å². The van der Waals surface area contributed by atoms with Gasteiger partial charge in [-0.25, -0.2) is 0 Å². The summed E-state index contributed by atoms with van der Waals surface area (Å²) in [5.74, 6) is 1.02. The van der Waals surface area contributed by atoms with Crippen molar-refractivity contribution in [1.29, 1.82) is 0 Å². The Hall–Kier alpha value is -1.34. The van der Waals surface area contributed by atoms with E-state index in [0.29, 0.717) is 11.8 Å². The molecule has 1 aliphatic heterocycles. The molecule has 0 radical (unpaired) electrons. The zero-order valence-electron chi connectivity index (χ0n) is 11.3. The van der Waals surface area contributed by atoms with Crippen molar-refractivity contribution < 1.29 is 4.74 Å². The summed E-state index contributed by atoms with van der Waals surface area (Å²) in [4.78, 5) is 0. The van der Waals surface area contributed by atoms with Crippen LogP contribution >= 0.6 is 0 Å². The van der Waals surface area contributed by atoms with Crippen LogP contribution in [0.3, 0.4) is 0 Å². The van der Waals surface area contributed by atoms with E-state index in [0.717, 1.165) is 13.0 Å². The largest absolute Gasteiger partial charge is 0.373 e. The lowest BCUT2D eigenvalue weighted by atomic mass is 9.91. The van der Waals surface area contributed by atoms with E-state index in [1.807, 2.05) is 12.1 Å². The van der Waals surface area contributed by atoms with Crippen molar-refractivity contribution in [3.63, 3.8) is 0 Å². The molecule has 2 rings (SSSR count). The van der Waals surface area contributed by atoms with E-state index in [-0.39, 0.29) is 6.10 Å². The van der Waals surface area contributed by atoms with Gasteiger partial charge in [0.2, 0.25) is 0 Å². The lowest BCUT2D eigenvalue weighted by Gasteiger charge is -2.15. The van der Waals surface area contributed by atoms with E-state index in [1.54, 1.807) is 0 Å². The fourth-order valence-corrected chi connectivity index (χ4v) is 2.43. The Morgan fingerprint density at radius 2 is 2.06 bits per heavy atom. The zero-order valence-corrected chi connectivity index (χ0v) is 11.3. The van der Waals surface area contributed by atoms with E-state index < -0.39 is 0 Å². The minimum absolute atomic E-state index is 0.258. The molecule has 1 heteroatoms. The third-order valence-electron chi connectivity index (χ3n) is 3.38. The molecule has 0 unspecified atom stereocenters. The number of rotatable bonds is 4. The SMILES string of the molecule is C=C[C@H]1CO[C@@H](CC(C)C)/C1=C\c1ccccc1. The number of hydrogen-bond acceptors (Lipinski definition) is 1. The van der Waals surface area contributed by atoms with Crippen LogP contribution in [0.15, 0.2) is 48.6 Å². The van der Waals surface area contributed by atoms with Crippen LogP contribution in [0.5, 0.6) is 0 Å². The summed E-state index contributed by atoms with van der Waals surface area (Å²) in [7, 11) is 0. The summed E-state index contributed by atoms with van der Waals surface area (Å²) in [6.07, 6.45) is 5.62. The minimum atomic E-state index is 0.258. The van der Waals surface area contributed by atoms with Crippen molar-refractivity contribution >= 4 is 6.08 Å². The second-order valence-corrected chi connectivity index (χ2v) is 5.35. The number of benzene rings is 1. The van der Waals surface area contributed by atoms with Gasteiger partial charge in [0.25, 0.3) is 0 Å². The summed E-state index contributed by atoms with van der Waals surface area (Å²) in [6.45, 7) is 9.19. The van der Waals surface area contributed by atoms with Gasteiger partial charge in [-0.3, -0.25) is 0 Å². The highest BCUT2D eigenvalue weighted by molar-refractivity contribution is 5.55. The van der Waals surface area contributed by atoms with Gasteiger partial charge in [0.05, 0.1) is 12.7 Å². The lowest BCUT2D eigenvalue weighted by molar-refractivity contribution is 0.104. The van der Waals surface area contributed by atoms with Gasteiger partial charge in [0, 0.05) is 5.92 Å². The van der Waals surface area contributed by atoms with Gasteiger partial charge in [-0.15, -0.1) is 6.58 Å². The van der Waals surface area contributed by atoms with Gasteiger partial charge in [-0.05, 0) is 23.5 Å². The standard InChI is InChI=1S/C17H22O/c1-4-15-12-18-17(10-13(2)3)16(15)11-14-8-6-5-7-9-14/h4-9,11,13,15,17H,1,10,12H2,2-3H3/b16-11-/t15-,17-/m0/s1. The van der Waals surface area contributed by atoms with Crippen LogP contribution in [-0.4, -0.2) is 12.7 Å². The first-order valence-corrected chi connectivity index (χ1v) is 6.71. The van der Waals surface area contributed by atoms with Crippen molar-refractivity contribution in [3.8, 4) is 0 Å². The molecular weight excluding hydrogens is 220 g/mol. The van der Waals surface area contributed by atoms with E-state index in [2.05, 4.69) is 50.8 Å². The first-order valence-electron chi connectivity index (χ1n) is 6.71. The molecule has 1 heterocycles. The summed E-state index contributed by atoms with van der Waals surface area (Å²) in [5.41, 5.74) is 2.63. The Morgan fingerprint density at radius 1 is 1.33 bits per heavy atom. The molecule has 0 spiro atoms. The van der Waals surface area contributed by atoms with E-state index in [1.165, 1.54) is 11.1 Å². The first-order chi connectivity index (χ1) is 8.70. The first kappa shape index (κ1) is 13.1. The average Bonchev–Trinajstić information content (AvgIpc) is 2.72. The van der Waals surface area contributed by atoms with Crippen molar-refractivity contribution in [2.75, 3.05) is 6.61 Å². The Labute approximate surface area is 110 Å². The van der Waals surface area contributed by atoms with Crippen molar-refractivity contribution in [2.24, 2.45) is 11.8 Å². The highest BCUT2D eigenvalue weighted by Crippen LogP contribution is 2.32. The Bertz CT molecular complexity index is 416. The Kier molecular flexibility index (Phi) is 4.38. The van der Waals surface area contributed by atoms with E-state index in [9.17, 15) is 0 Å². The van der Waals surface area contributed by atoms with Crippen molar-refractivity contribution in [3.05, 3.63) is 54.1 Å². The van der Waals surface area contributed by atoms with Gasteiger partial charge < -0.3 is 4.74 Å². The monoisotopic (exact) mass is 242 g/mol. The van der Waals surface area contributed by atoms with Crippen molar-refractivity contribution in [1.82, 2.24) is 0 Å². The molecule has 1 nitrogen and oxygen atoms in total. The molecule has 0 amide bonds. The predicted octanol–water partition coefficient (Wildman–Crippen LogP) is 4.32. The second-order valence-electron chi connectivity index (χ2n) is 5.35. The molecule has 96 valence electrons. The fraction of sp³-hybridized carbons (Fsp3) is 0.412. The predicted molar refractivity (Wildman–Crippen MR) is 77.3 cm³/mol. The van der Waals surface area contributed by atoms with E-state index in [4.69, 9.17) is 4.74 Å². The topological polar surface area (TPSA) is 9.23 Å². The molecular formula is C17H22O. The van der Waals surface area contributed by atoms with Crippen LogP contribution in [-0.2, 0) is 4.74 Å². The lowest BCUT2D eigenvalue weighted by Crippen LogP contribution is -2.12. The number of ether oxygens (including phenoxy) is 1. The molecule has 0 N–H and O–H groups in total. The molecule has 1 fully saturated rings. The highest BCUT2D eigenvalue weighted by atomic mass is 16.5.